The van der Waals surface area contributed by atoms with Gasteiger partial charge < -0.3 is 11.1 Å². The van der Waals surface area contributed by atoms with Crippen LogP contribution in [-0.2, 0) is 0 Å². The molecule has 0 bridgehead atoms. The first-order chi connectivity index (χ1) is 13.1. The summed E-state index contributed by atoms with van der Waals surface area (Å²) >= 11 is 5.64. The molecular formula is C24H23ClN2. The normalized spacial score (nSPS) is 15.6. The van der Waals surface area contributed by atoms with Crippen molar-refractivity contribution in [2.24, 2.45) is 5.73 Å². The third kappa shape index (κ3) is 5.33. The van der Waals surface area contributed by atoms with Gasteiger partial charge in [0, 0.05) is 11.2 Å². The van der Waals surface area contributed by atoms with Gasteiger partial charge in [0.1, 0.15) is 6.17 Å². The van der Waals surface area contributed by atoms with Crippen LogP contribution >= 0.6 is 11.6 Å². The molecule has 0 spiro atoms. The average Bonchev–Trinajstić information content (AvgIpc) is 2.70. The quantitative estimate of drug-likeness (QED) is 0.608. The molecular weight excluding hydrogens is 352 g/mol. The van der Waals surface area contributed by atoms with Crippen molar-refractivity contribution < 1.29 is 0 Å². The molecule has 27 heavy (non-hydrogen) atoms. The van der Waals surface area contributed by atoms with E-state index in [1.54, 1.807) is 0 Å². The van der Waals surface area contributed by atoms with Crippen LogP contribution in [0.15, 0.2) is 97.2 Å². The van der Waals surface area contributed by atoms with Crippen LogP contribution in [0.25, 0.3) is 11.1 Å². The fraction of sp³-hybridized carbons (Fsp3) is 0.0833. The van der Waals surface area contributed by atoms with Crippen molar-refractivity contribution in [3.05, 3.63) is 119 Å². The fourth-order valence-electron chi connectivity index (χ4n) is 2.86. The minimum Gasteiger partial charge on any atom is -0.372 e. The number of halogens is 1. The van der Waals surface area contributed by atoms with Crippen molar-refractivity contribution >= 4 is 22.7 Å². The van der Waals surface area contributed by atoms with E-state index in [1.807, 2.05) is 73.8 Å². The van der Waals surface area contributed by atoms with Crippen molar-refractivity contribution in [2.75, 3.05) is 0 Å². The van der Waals surface area contributed by atoms with E-state index < -0.39 is 0 Å². The molecule has 3 aromatic rings. The predicted molar refractivity (Wildman–Crippen MR) is 116 cm³/mol. The molecule has 0 amide bonds. The third-order valence-corrected chi connectivity index (χ3v) is 4.49. The zero-order chi connectivity index (χ0) is 19.1. The Bertz CT molecular complexity index is 914. The molecule has 2 nitrogen and oxygen atoms in total. The summed E-state index contributed by atoms with van der Waals surface area (Å²) in [6.07, 6.45) is 3.98. The molecule has 1 unspecified atom stereocenters. The van der Waals surface area contributed by atoms with Crippen LogP contribution in [0.5, 0.6) is 0 Å². The Morgan fingerprint density at radius 1 is 0.815 bits per heavy atom. The van der Waals surface area contributed by atoms with E-state index in [0.717, 1.165) is 21.7 Å². The van der Waals surface area contributed by atoms with Gasteiger partial charge in [-0.1, -0.05) is 84.4 Å². The van der Waals surface area contributed by atoms with Crippen LogP contribution in [-0.4, -0.2) is 6.17 Å². The van der Waals surface area contributed by atoms with Crippen LogP contribution in [0.1, 0.15) is 16.7 Å². The highest BCUT2D eigenvalue weighted by molar-refractivity contribution is 6.30. The van der Waals surface area contributed by atoms with Crippen molar-refractivity contribution in [1.29, 1.82) is 0 Å². The number of hydrogen-bond acceptors (Lipinski definition) is 2. The van der Waals surface area contributed by atoms with Crippen LogP contribution in [0.2, 0.25) is 5.02 Å². The second-order valence-corrected chi connectivity index (χ2v) is 6.81. The van der Waals surface area contributed by atoms with Crippen LogP contribution in [0, 0.1) is 6.92 Å². The second-order valence-electron chi connectivity index (χ2n) is 6.37. The van der Waals surface area contributed by atoms with E-state index in [4.69, 9.17) is 17.3 Å². The van der Waals surface area contributed by atoms with Crippen LogP contribution in [0.3, 0.4) is 0 Å². The summed E-state index contributed by atoms with van der Waals surface area (Å²) < 4.78 is 0. The minimum absolute atomic E-state index is 0.158. The van der Waals surface area contributed by atoms with E-state index >= 15 is 0 Å². The summed E-state index contributed by atoms with van der Waals surface area (Å²) in [5.74, 6) is 0. The largest absolute Gasteiger partial charge is 0.372 e. The Morgan fingerprint density at radius 3 is 2.00 bits per heavy atom. The Hall–Kier alpha value is -2.81. The number of dihydropyridines is 1. The Balaban J connectivity index is 0.000000221. The number of benzene rings is 3. The zero-order valence-electron chi connectivity index (χ0n) is 15.3. The number of nitrogens with two attached hydrogens (primary N) is 1. The number of hydrogen-bond donors (Lipinski definition) is 2. The van der Waals surface area contributed by atoms with Crippen molar-refractivity contribution in [2.45, 2.75) is 13.1 Å². The maximum Gasteiger partial charge on any atom is 0.101 e. The number of allylic oxidation sites excluding steroid dienone is 2. The Labute approximate surface area is 166 Å². The zero-order valence-corrected chi connectivity index (χ0v) is 16.0. The second kappa shape index (κ2) is 9.22. The third-order valence-electron chi connectivity index (χ3n) is 4.26. The maximum atomic E-state index is 6.13. The van der Waals surface area contributed by atoms with Gasteiger partial charge in [-0.15, -0.1) is 0 Å². The maximum absolute atomic E-state index is 6.13. The summed E-state index contributed by atoms with van der Waals surface area (Å²) in [5.41, 5.74) is 11.9. The monoisotopic (exact) mass is 374 g/mol. The lowest BCUT2D eigenvalue weighted by atomic mass is 9.95. The Kier molecular flexibility index (Phi) is 6.48. The van der Waals surface area contributed by atoms with Gasteiger partial charge in [-0.25, -0.2) is 0 Å². The predicted octanol–water partition coefficient (Wildman–Crippen LogP) is 5.65. The van der Waals surface area contributed by atoms with E-state index in [-0.39, 0.29) is 6.17 Å². The molecule has 4 rings (SSSR count). The van der Waals surface area contributed by atoms with E-state index in [0.29, 0.717) is 0 Å². The summed E-state index contributed by atoms with van der Waals surface area (Å²) in [4.78, 5) is 0. The number of nitrogens with one attached hydrogen (secondary N) is 1. The van der Waals surface area contributed by atoms with Gasteiger partial charge in [0.25, 0.3) is 0 Å². The van der Waals surface area contributed by atoms with Crippen molar-refractivity contribution in [3.63, 3.8) is 0 Å². The molecule has 1 aliphatic rings. The van der Waals surface area contributed by atoms with Crippen LogP contribution < -0.4 is 11.1 Å². The first kappa shape index (κ1) is 19.0. The highest BCUT2D eigenvalue weighted by Crippen LogP contribution is 2.26. The molecule has 136 valence electrons. The molecule has 0 saturated heterocycles. The molecule has 1 atom stereocenters. The highest BCUT2D eigenvalue weighted by Gasteiger charge is 2.15. The summed E-state index contributed by atoms with van der Waals surface area (Å²) in [5, 5.41) is 4.04. The first-order valence-electron chi connectivity index (χ1n) is 8.90. The number of rotatable bonds is 2. The van der Waals surface area contributed by atoms with Gasteiger partial charge in [-0.05, 0) is 53.0 Å². The van der Waals surface area contributed by atoms with E-state index in [9.17, 15) is 0 Å². The molecule has 1 aliphatic heterocycles. The minimum atomic E-state index is -0.158. The van der Waals surface area contributed by atoms with Crippen molar-refractivity contribution in [1.82, 2.24) is 5.32 Å². The molecule has 1 heterocycles. The lowest BCUT2D eigenvalue weighted by Crippen LogP contribution is -2.36. The van der Waals surface area contributed by atoms with Crippen molar-refractivity contribution in [3.8, 4) is 0 Å². The lowest BCUT2D eigenvalue weighted by molar-refractivity contribution is 0.747. The molecule has 0 fully saturated rings. The number of aryl methyl sites for hydroxylation is 1. The molecule has 0 saturated carbocycles. The molecule has 0 radical (unpaired) electrons. The summed E-state index contributed by atoms with van der Waals surface area (Å²) in [6.45, 7) is 2.02. The van der Waals surface area contributed by atoms with Gasteiger partial charge in [-0.2, -0.15) is 0 Å². The van der Waals surface area contributed by atoms with E-state index in [2.05, 4.69) is 35.7 Å². The lowest BCUT2D eigenvalue weighted by Gasteiger charge is -2.22. The topological polar surface area (TPSA) is 38.0 Å². The highest BCUT2D eigenvalue weighted by atomic mass is 35.5. The average molecular weight is 375 g/mol. The SMILES string of the molecule is Cc1cccc(Cl)c1.NC1NC=C(c2ccccc2)C=C1c1ccccc1. The van der Waals surface area contributed by atoms with Gasteiger partial charge in [0.05, 0.1) is 0 Å². The van der Waals surface area contributed by atoms with Gasteiger partial charge >= 0.3 is 0 Å². The standard InChI is InChI=1S/C17H16N2.C7H7Cl/c18-17-16(14-9-5-2-6-10-14)11-15(12-19-17)13-7-3-1-4-8-13;1-6-3-2-4-7(8)5-6/h1-12,17,19H,18H2;2-5H,1H3. The molecule has 0 aliphatic carbocycles. The Morgan fingerprint density at radius 2 is 1.44 bits per heavy atom. The molecule has 3 heteroatoms. The molecule has 3 N–H and O–H groups in total. The van der Waals surface area contributed by atoms with Gasteiger partial charge in [0.15, 0.2) is 0 Å². The molecule has 3 aromatic carbocycles. The van der Waals surface area contributed by atoms with Gasteiger partial charge in [-0.3, -0.25) is 0 Å². The fourth-order valence-corrected chi connectivity index (χ4v) is 3.11. The van der Waals surface area contributed by atoms with Gasteiger partial charge in [0.2, 0.25) is 0 Å². The van der Waals surface area contributed by atoms with Crippen LogP contribution in [0.4, 0.5) is 0 Å². The first-order valence-corrected chi connectivity index (χ1v) is 9.28. The smallest absolute Gasteiger partial charge is 0.101 e. The summed E-state index contributed by atoms with van der Waals surface area (Å²) in [7, 11) is 0. The summed E-state index contributed by atoms with van der Waals surface area (Å²) in [6, 6.07) is 28.3. The molecule has 0 aromatic heterocycles. The van der Waals surface area contributed by atoms with E-state index in [1.165, 1.54) is 11.1 Å².